The molecule has 0 bridgehead atoms. The van der Waals surface area contributed by atoms with Gasteiger partial charge in [0, 0.05) is 24.9 Å². The van der Waals surface area contributed by atoms with E-state index in [1.807, 2.05) is 42.5 Å². The molecule has 8 heteroatoms. The zero-order valence-electron chi connectivity index (χ0n) is 16.6. The second kappa shape index (κ2) is 8.26. The fraction of sp³-hybridized carbons (Fsp3) is 0.217. The van der Waals surface area contributed by atoms with E-state index in [9.17, 15) is 22.8 Å². The van der Waals surface area contributed by atoms with Crippen LogP contribution in [0.25, 0.3) is 10.8 Å². The summed E-state index contributed by atoms with van der Waals surface area (Å²) in [6, 6.07) is 17.0. The number of carbonyl (C=O) groups is 2. The fourth-order valence-electron chi connectivity index (χ4n) is 3.55. The maximum absolute atomic E-state index is 12.9. The van der Waals surface area contributed by atoms with E-state index in [1.54, 1.807) is 11.9 Å². The van der Waals surface area contributed by atoms with Crippen LogP contribution < -0.4 is 5.32 Å². The number of anilines is 1. The van der Waals surface area contributed by atoms with E-state index >= 15 is 0 Å². The third-order valence-corrected chi connectivity index (χ3v) is 6.47. The van der Waals surface area contributed by atoms with Crippen molar-refractivity contribution < 1.29 is 22.8 Å². The standard InChI is InChI=1S/C23H19F3N2O2S/c1-28(13-15-7-4-6-14-5-2-3-8-17(14)15)21(29)12-20-22(30)27-18-11-16(23(24,25)26)9-10-19(18)31-20/h2-11,20H,12-13H2,1H3,(H,27,30)/t20-/m1/s1. The van der Waals surface area contributed by atoms with Crippen molar-refractivity contribution in [2.45, 2.75) is 29.3 Å². The molecule has 0 spiro atoms. The number of thioether (sulfide) groups is 1. The topological polar surface area (TPSA) is 49.4 Å². The molecule has 3 aromatic carbocycles. The summed E-state index contributed by atoms with van der Waals surface area (Å²) >= 11 is 1.11. The Kier molecular flexibility index (Phi) is 5.66. The first-order valence-corrected chi connectivity index (χ1v) is 10.5. The van der Waals surface area contributed by atoms with E-state index in [0.29, 0.717) is 11.4 Å². The molecule has 1 atom stereocenters. The predicted octanol–water partition coefficient (Wildman–Crippen LogP) is 5.32. The summed E-state index contributed by atoms with van der Waals surface area (Å²) in [5, 5.41) is 3.95. The number of fused-ring (bicyclic) bond motifs is 2. The van der Waals surface area contributed by atoms with Crippen LogP contribution in [-0.4, -0.2) is 29.0 Å². The van der Waals surface area contributed by atoms with Gasteiger partial charge in [0.05, 0.1) is 16.5 Å². The zero-order valence-corrected chi connectivity index (χ0v) is 17.4. The number of nitrogens with zero attached hydrogens (tertiary/aromatic N) is 1. The highest BCUT2D eigenvalue weighted by Gasteiger charge is 2.34. The number of nitrogens with one attached hydrogen (secondary N) is 1. The lowest BCUT2D eigenvalue weighted by Gasteiger charge is -2.26. The van der Waals surface area contributed by atoms with Gasteiger partial charge >= 0.3 is 6.18 Å². The highest BCUT2D eigenvalue weighted by atomic mass is 32.2. The fourth-order valence-corrected chi connectivity index (χ4v) is 4.63. The van der Waals surface area contributed by atoms with Crippen LogP contribution in [-0.2, 0) is 22.3 Å². The van der Waals surface area contributed by atoms with E-state index < -0.39 is 22.9 Å². The van der Waals surface area contributed by atoms with Gasteiger partial charge in [-0.05, 0) is 34.5 Å². The van der Waals surface area contributed by atoms with Gasteiger partial charge in [0.2, 0.25) is 11.8 Å². The van der Waals surface area contributed by atoms with Gasteiger partial charge in [0.25, 0.3) is 0 Å². The molecule has 2 amide bonds. The smallest absolute Gasteiger partial charge is 0.341 e. The van der Waals surface area contributed by atoms with E-state index in [-0.39, 0.29) is 18.0 Å². The molecule has 0 saturated heterocycles. The molecule has 4 nitrogen and oxygen atoms in total. The van der Waals surface area contributed by atoms with Crippen molar-refractivity contribution in [1.29, 1.82) is 0 Å². The second-order valence-electron chi connectivity index (χ2n) is 7.40. The molecule has 160 valence electrons. The zero-order chi connectivity index (χ0) is 22.2. The molecular weight excluding hydrogens is 425 g/mol. The van der Waals surface area contributed by atoms with Crippen molar-refractivity contribution in [3.8, 4) is 0 Å². The molecule has 1 aliphatic heterocycles. The Morgan fingerprint density at radius 2 is 1.84 bits per heavy atom. The molecular formula is C23H19F3N2O2S. The molecule has 4 rings (SSSR count). The lowest BCUT2D eigenvalue weighted by molar-refractivity contribution is -0.137. The maximum Gasteiger partial charge on any atom is 0.416 e. The van der Waals surface area contributed by atoms with Gasteiger partial charge < -0.3 is 10.2 Å². The van der Waals surface area contributed by atoms with E-state index in [0.717, 1.165) is 40.2 Å². The third kappa shape index (κ3) is 4.54. The van der Waals surface area contributed by atoms with Crippen LogP contribution in [0, 0.1) is 0 Å². The van der Waals surface area contributed by atoms with Crippen LogP contribution in [0.5, 0.6) is 0 Å². The number of hydrogen-bond acceptors (Lipinski definition) is 3. The summed E-state index contributed by atoms with van der Waals surface area (Å²) in [7, 11) is 1.68. The minimum atomic E-state index is -4.48. The normalized spacial score (nSPS) is 16.0. The molecule has 0 saturated carbocycles. The summed E-state index contributed by atoms with van der Waals surface area (Å²) in [6.45, 7) is 0.394. The summed E-state index contributed by atoms with van der Waals surface area (Å²) in [4.78, 5) is 27.3. The largest absolute Gasteiger partial charge is 0.416 e. The van der Waals surface area contributed by atoms with Crippen LogP contribution in [0.1, 0.15) is 17.5 Å². The average molecular weight is 444 g/mol. The Morgan fingerprint density at radius 1 is 1.10 bits per heavy atom. The average Bonchev–Trinajstić information content (AvgIpc) is 2.73. The second-order valence-corrected chi connectivity index (χ2v) is 8.64. The molecule has 0 fully saturated rings. The Morgan fingerprint density at radius 3 is 2.61 bits per heavy atom. The van der Waals surface area contributed by atoms with Crippen LogP contribution >= 0.6 is 11.8 Å². The van der Waals surface area contributed by atoms with Gasteiger partial charge in [0.15, 0.2) is 0 Å². The molecule has 3 aromatic rings. The summed E-state index contributed by atoms with van der Waals surface area (Å²) in [6.07, 6.45) is -4.53. The lowest BCUT2D eigenvalue weighted by atomic mass is 10.0. The number of amides is 2. The molecule has 1 heterocycles. The van der Waals surface area contributed by atoms with Crippen LogP contribution in [0.3, 0.4) is 0 Å². The lowest BCUT2D eigenvalue weighted by Crippen LogP contribution is -2.35. The monoisotopic (exact) mass is 444 g/mol. The number of rotatable bonds is 4. The quantitative estimate of drug-likeness (QED) is 0.593. The van der Waals surface area contributed by atoms with Gasteiger partial charge in [-0.25, -0.2) is 0 Å². The highest BCUT2D eigenvalue weighted by Crippen LogP contribution is 2.40. The van der Waals surface area contributed by atoms with E-state index in [1.165, 1.54) is 6.07 Å². The minimum Gasteiger partial charge on any atom is -0.341 e. The molecule has 0 radical (unpaired) electrons. The molecule has 0 unspecified atom stereocenters. The van der Waals surface area contributed by atoms with E-state index in [2.05, 4.69) is 5.32 Å². The van der Waals surface area contributed by atoms with Crippen LogP contribution in [0.2, 0.25) is 0 Å². The number of halogens is 3. The van der Waals surface area contributed by atoms with Gasteiger partial charge in [0.1, 0.15) is 0 Å². The summed E-state index contributed by atoms with van der Waals surface area (Å²) < 4.78 is 38.7. The molecule has 1 aliphatic rings. The van der Waals surface area contributed by atoms with Crippen molar-refractivity contribution in [3.63, 3.8) is 0 Å². The maximum atomic E-state index is 12.9. The molecule has 31 heavy (non-hydrogen) atoms. The number of hydrogen-bond donors (Lipinski definition) is 1. The molecule has 0 aliphatic carbocycles. The van der Waals surface area contributed by atoms with Crippen LogP contribution in [0.4, 0.5) is 18.9 Å². The molecule has 1 N–H and O–H groups in total. The Balaban J connectivity index is 1.45. The van der Waals surface area contributed by atoms with Gasteiger partial charge in [-0.3, -0.25) is 9.59 Å². The predicted molar refractivity (Wildman–Crippen MR) is 115 cm³/mol. The Hall–Kier alpha value is -3.00. The van der Waals surface area contributed by atoms with Gasteiger partial charge in [-0.2, -0.15) is 13.2 Å². The first-order valence-electron chi connectivity index (χ1n) is 9.62. The van der Waals surface area contributed by atoms with E-state index in [4.69, 9.17) is 0 Å². The highest BCUT2D eigenvalue weighted by molar-refractivity contribution is 8.01. The van der Waals surface area contributed by atoms with Crippen molar-refractivity contribution in [2.24, 2.45) is 0 Å². The minimum absolute atomic E-state index is 0.0434. The van der Waals surface area contributed by atoms with Crippen molar-refractivity contribution in [3.05, 3.63) is 71.8 Å². The number of alkyl halides is 3. The SMILES string of the molecule is CN(Cc1cccc2ccccc12)C(=O)C[C@H]1Sc2ccc(C(F)(F)F)cc2NC1=O. The first-order chi connectivity index (χ1) is 14.7. The van der Waals surface area contributed by atoms with Crippen molar-refractivity contribution in [1.82, 2.24) is 4.90 Å². The molecule has 0 aromatic heterocycles. The number of carbonyl (C=O) groups excluding carboxylic acids is 2. The Bertz CT molecular complexity index is 1160. The third-order valence-electron chi connectivity index (χ3n) is 5.20. The van der Waals surface area contributed by atoms with Crippen LogP contribution in [0.15, 0.2) is 65.6 Å². The number of benzene rings is 3. The Labute approximate surface area is 181 Å². The van der Waals surface area contributed by atoms with Gasteiger partial charge in [-0.1, -0.05) is 42.5 Å². The van der Waals surface area contributed by atoms with Crippen molar-refractivity contribution in [2.75, 3.05) is 12.4 Å². The van der Waals surface area contributed by atoms with Gasteiger partial charge in [-0.15, -0.1) is 11.8 Å². The summed E-state index contributed by atoms with van der Waals surface area (Å²) in [5.74, 6) is -0.681. The summed E-state index contributed by atoms with van der Waals surface area (Å²) in [5.41, 5.74) is 0.300. The first kappa shape index (κ1) is 21.2. The van der Waals surface area contributed by atoms with Crippen molar-refractivity contribution >= 4 is 40.0 Å².